The Bertz CT molecular complexity index is 1180. The highest BCUT2D eigenvalue weighted by Crippen LogP contribution is 2.40. The molecule has 0 amide bonds. The molecular formula is C34H44N2O2. The van der Waals surface area contributed by atoms with E-state index in [1.165, 1.54) is 72.3 Å². The van der Waals surface area contributed by atoms with Crippen LogP contribution in [0.25, 0.3) is 0 Å². The lowest BCUT2D eigenvalue weighted by Crippen LogP contribution is -2.29. The molecule has 2 aliphatic rings. The minimum atomic E-state index is 0.379. The lowest BCUT2D eigenvalue weighted by Gasteiger charge is -2.33. The minimum absolute atomic E-state index is 0.379. The highest BCUT2D eigenvalue weighted by atomic mass is 16.5. The molecule has 0 saturated carbocycles. The van der Waals surface area contributed by atoms with Gasteiger partial charge in [-0.25, -0.2) is 0 Å². The van der Waals surface area contributed by atoms with Crippen molar-refractivity contribution in [1.82, 2.24) is 4.90 Å². The van der Waals surface area contributed by atoms with Gasteiger partial charge in [0.05, 0.1) is 0 Å². The average Bonchev–Trinajstić information content (AvgIpc) is 3.21. The Hall–Kier alpha value is -2.98. The maximum atomic E-state index is 9.91. The maximum absolute atomic E-state index is 9.91. The zero-order chi connectivity index (χ0) is 26.3. The van der Waals surface area contributed by atoms with Crippen LogP contribution in [-0.2, 0) is 19.4 Å². The fourth-order valence-electron chi connectivity index (χ4n) is 6.39. The highest BCUT2D eigenvalue weighted by molar-refractivity contribution is 5.59. The molecule has 1 heterocycles. The van der Waals surface area contributed by atoms with Crippen molar-refractivity contribution in [3.05, 3.63) is 88.5 Å². The monoisotopic (exact) mass is 512 g/mol. The molecule has 1 fully saturated rings. The van der Waals surface area contributed by atoms with Crippen molar-refractivity contribution < 1.29 is 9.84 Å². The van der Waals surface area contributed by atoms with Crippen molar-refractivity contribution in [2.45, 2.75) is 71.3 Å². The topological polar surface area (TPSA) is 35.9 Å². The molecule has 4 nitrogen and oxygen atoms in total. The highest BCUT2D eigenvalue weighted by Gasteiger charge is 2.25. The van der Waals surface area contributed by atoms with Crippen molar-refractivity contribution in [2.24, 2.45) is 0 Å². The number of aryl methyl sites for hydroxylation is 2. The number of hydrogen-bond acceptors (Lipinski definition) is 4. The summed E-state index contributed by atoms with van der Waals surface area (Å²) in [5, 5.41) is 9.91. The van der Waals surface area contributed by atoms with E-state index >= 15 is 0 Å². The molecule has 3 aromatic rings. The molecule has 0 aromatic heterocycles. The zero-order valence-corrected chi connectivity index (χ0v) is 23.3. The van der Waals surface area contributed by atoms with Crippen LogP contribution in [0.4, 0.5) is 5.69 Å². The number of fused-ring (bicyclic) bond motifs is 1. The van der Waals surface area contributed by atoms with Gasteiger partial charge in [-0.2, -0.15) is 0 Å². The molecule has 3 aromatic carbocycles. The smallest absolute Gasteiger partial charge is 0.119 e. The lowest BCUT2D eigenvalue weighted by atomic mass is 9.78. The van der Waals surface area contributed by atoms with Gasteiger partial charge >= 0.3 is 0 Å². The van der Waals surface area contributed by atoms with Gasteiger partial charge < -0.3 is 14.7 Å². The number of nitrogens with zero attached hydrogens (tertiary/aromatic N) is 2. The van der Waals surface area contributed by atoms with E-state index in [0.29, 0.717) is 11.7 Å². The molecule has 202 valence electrons. The normalized spacial score (nSPS) is 18.0. The number of anilines is 1. The second-order valence-corrected chi connectivity index (χ2v) is 11.2. The van der Waals surface area contributed by atoms with Gasteiger partial charge in [0, 0.05) is 25.3 Å². The first-order valence-corrected chi connectivity index (χ1v) is 14.7. The van der Waals surface area contributed by atoms with Gasteiger partial charge in [0.25, 0.3) is 0 Å². The Morgan fingerprint density at radius 3 is 2.50 bits per heavy atom. The molecule has 0 spiro atoms. The summed E-state index contributed by atoms with van der Waals surface area (Å²) in [7, 11) is 0. The summed E-state index contributed by atoms with van der Waals surface area (Å²) in [6.07, 6.45) is 8.57. The molecule has 1 atom stereocenters. The quantitative estimate of drug-likeness (QED) is 0.327. The van der Waals surface area contributed by atoms with Gasteiger partial charge in [-0.1, -0.05) is 43.2 Å². The Labute approximate surface area is 229 Å². The second kappa shape index (κ2) is 12.7. The third kappa shape index (κ3) is 6.53. The largest absolute Gasteiger partial charge is 0.508 e. The number of aromatic hydroxyl groups is 1. The van der Waals surface area contributed by atoms with Crippen LogP contribution in [-0.4, -0.2) is 42.8 Å². The fraction of sp³-hybridized carbons (Fsp3) is 0.471. The number of phenolic OH excluding ortho intramolecular Hbond substituents is 1. The molecule has 5 rings (SSSR count). The molecule has 1 aliphatic heterocycles. The van der Waals surface area contributed by atoms with Crippen LogP contribution < -0.4 is 9.64 Å². The van der Waals surface area contributed by atoms with Crippen molar-refractivity contribution in [3.8, 4) is 11.5 Å². The van der Waals surface area contributed by atoms with Crippen molar-refractivity contribution in [3.63, 3.8) is 0 Å². The standard InChI is InChI=1S/C34H44N2O2/c1-3-36(25-27-11-17-32(18-12-27)38-22-21-35-19-6-4-5-7-20-35)33-10-8-9-26(2)34(33)30-14-13-29-24-31(37)16-15-28(29)23-30/h8-12,15-18,24,30,37H,3-7,13-14,19-23,25H2,1-2H3. The summed E-state index contributed by atoms with van der Waals surface area (Å²) in [4.78, 5) is 5.07. The Morgan fingerprint density at radius 1 is 0.947 bits per heavy atom. The van der Waals surface area contributed by atoms with E-state index in [0.717, 1.165) is 51.3 Å². The third-order valence-electron chi connectivity index (χ3n) is 8.52. The van der Waals surface area contributed by atoms with Crippen LogP contribution >= 0.6 is 0 Å². The summed E-state index contributed by atoms with van der Waals surface area (Å²) in [5.41, 5.74) is 8.21. The molecule has 1 aliphatic carbocycles. The van der Waals surface area contributed by atoms with E-state index in [4.69, 9.17) is 4.74 Å². The third-order valence-corrected chi connectivity index (χ3v) is 8.52. The summed E-state index contributed by atoms with van der Waals surface area (Å²) in [6.45, 7) is 10.6. The lowest BCUT2D eigenvalue weighted by molar-refractivity contribution is 0.214. The van der Waals surface area contributed by atoms with E-state index in [9.17, 15) is 5.11 Å². The Kier molecular flexibility index (Phi) is 8.90. The number of ether oxygens (including phenoxy) is 1. The van der Waals surface area contributed by atoms with Crippen LogP contribution in [0.5, 0.6) is 11.5 Å². The fourth-order valence-corrected chi connectivity index (χ4v) is 6.39. The van der Waals surface area contributed by atoms with E-state index in [2.05, 4.69) is 72.2 Å². The number of phenols is 1. The Balaban J connectivity index is 1.24. The zero-order valence-electron chi connectivity index (χ0n) is 23.3. The van der Waals surface area contributed by atoms with E-state index in [1.54, 1.807) is 0 Å². The summed E-state index contributed by atoms with van der Waals surface area (Å²) < 4.78 is 6.10. The van der Waals surface area contributed by atoms with Gasteiger partial charge in [0.15, 0.2) is 0 Å². The predicted octanol–water partition coefficient (Wildman–Crippen LogP) is 7.25. The van der Waals surface area contributed by atoms with Crippen molar-refractivity contribution in [1.29, 1.82) is 0 Å². The SMILES string of the molecule is CCN(Cc1ccc(OCCN2CCCCCC2)cc1)c1cccc(C)c1C1CCc2cc(O)ccc2C1. The second-order valence-electron chi connectivity index (χ2n) is 11.2. The minimum Gasteiger partial charge on any atom is -0.508 e. The van der Waals surface area contributed by atoms with Crippen LogP contribution in [0.1, 0.15) is 72.8 Å². The predicted molar refractivity (Wildman–Crippen MR) is 158 cm³/mol. The summed E-state index contributed by atoms with van der Waals surface area (Å²) >= 11 is 0. The first-order chi connectivity index (χ1) is 18.6. The van der Waals surface area contributed by atoms with Crippen LogP contribution in [0.2, 0.25) is 0 Å². The first-order valence-electron chi connectivity index (χ1n) is 14.7. The number of likely N-dealkylation sites (tertiary alicyclic amines) is 1. The van der Waals surface area contributed by atoms with Gasteiger partial charge in [-0.3, -0.25) is 4.90 Å². The van der Waals surface area contributed by atoms with Crippen LogP contribution in [0.3, 0.4) is 0 Å². The van der Waals surface area contributed by atoms with Gasteiger partial charge in [-0.05, 0) is 123 Å². The van der Waals surface area contributed by atoms with Gasteiger partial charge in [-0.15, -0.1) is 0 Å². The molecule has 1 N–H and O–H groups in total. The van der Waals surface area contributed by atoms with E-state index in [-0.39, 0.29) is 0 Å². The van der Waals surface area contributed by atoms with E-state index < -0.39 is 0 Å². The number of rotatable bonds is 9. The first kappa shape index (κ1) is 26.6. The molecule has 1 saturated heterocycles. The van der Waals surface area contributed by atoms with Crippen LogP contribution in [0.15, 0.2) is 60.7 Å². The molecular weight excluding hydrogens is 468 g/mol. The molecule has 38 heavy (non-hydrogen) atoms. The average molecular weight is 513 g/mol. The summed E-state index contributed by atoms with van der Waals surface area (Å²) in [5.74, 6) is 1.84. The molecule has 0 radical (unpaired) electrons. The van der Waals surface area contributed by atoms with E-state index in [1.807, 2.05) is 12.1 Å². The van der Waals surface area contributed by atoms with Crippen molar-refractivity contribution >= 4 is 5.69 Å². The molecule has 4 heteroatoms. The molecule has 0 bridgehead atoms. The Morgan fingerprint density at radius 2 is 1.74 bits per heavy atom. The summed E-state index contributed by atoms with van der Waals surface area (Å²) in [6, 6.07) is 21.4. The number of benzene rings is 3. The van der Waals surface area contributed by atoms with Crippen LogP contribution in [0, 0.1) is 6.92 Å². The number of hydrogen-bond donors (Lipinski definition) is 1. The van der Waals surface area contributed by atoms with Crippen molar-refractivity contribution in [2.75, 3.05) is 37.7 Å². The van der Waals surface area contributed by atoms with Gasteiger partial charge in [0.1, 0.15) is 18.1 Å². The maximum Gasteiger partial charge on any atom is 0.119 e. The molecule has 1 unspecified atom stereocenters. The van der Waals surface area contributed by atoms with Gasteiger partial charge in [0.2, 0.25) is 0 Å².